The largest absolute Gasteiger partial charge is 0.482 e. The molecule has 1 amide bonds. The summed E-state index contributed by atoms with van der Waals surface area (Å²) >= 11 is 0. The van der Waals surface area contributed by atoms with Crippen LogP contribution in [0, 0.1) is 0 Å². The fraction of sp³-hybridized carbons (Fsp3) is 0.312. The first-order valence-electron chi connectivity index (χ1n) is 6.76. The summed E-state index contributed by atoms with van der Waals surface area (Å²) in [6.45, 7) is 6.33. The third-order valence-corrected chi connectivity index (χ3v) is 2.70. The minimum Gasteiger partial charge on any atom is -0.482 e. The molecule has 118 valence electrons. The van der Waals surface area contributed by atoms with Gasteiger partial charge in [-0.15, -0.1) is 6.58 Å². The van der Waals surface area contributed by atoms with Gasteiger partial charge in [-0.3, -0.25) is 9.59 Å². The van der Waals surface area contributed by atoms with Crippen molar-refractivity contribution < 1.29 is 23.9 Å². The van der Waals surface area contributed by atoms with Gasteiger partial charge in [0.2, 0.25) is 0 Å². The monoisotopic (exact) mass is 305 g/mol. The van der Waals surface area contributed by atoms with Crippen LogP contribution >= 0.6 is 0 Å². The number of nitrogens with one attached hydrogen (secondary N) is 1. The van der Waals surface area contributed by atoms with Gasteiger partial charge >= 0.3 is 5.97 Å². The molecule has 1 aromatic rings. The van der Waals surface area contributed by atoms with Crippen LogP contribution in [0.5, 0.6) is 5.75 Å². The Kier molecular flexibility index (Phi) is 6.82. The molecule has 0 unspecified atom stereocenters. The number of amides is 1. The molecule has 0 radical (unpaired) electrons. The molecule has 0 spiro atoms. The number of esters is 1. The third-order valence-electron chi connectivity index (χ3n) is 2.70. The van der Waals surface area contributed by atoms with Crippen LogP contribution in [0.2, 0.25) is 0 Å². The molecule has 6 heteroatoms. The molecule has 0 aliphatic rings. The SMILES string of the molecule is C=CCNC(=O)[C@H](C)OC(=O)COc1cccc(C(C)=O)c1. The molecule has 0 aliphatic carbocycles. The van der Waals surface area contributed by atoms with Gasteiger partial charge in [0.15, 0.2) is 18.5 Å². The van der Waals surface area contributed by atoms with Crippen molar-refractivity contribution in [1.29, 1.82) is 0 Å². The van der Waals surface area contributed by atoms with E-state index < -0.39 is 18.0 Å². The van der Waals surface area contributed by atoms with E-state index in [-0.39, 0.29) is 12.4 Å². The van der Waals surface area contributed by atoms with Crippen molar-refractivity contribution in [3.8, 4) is 5.75 Å². The summed E-state index contributed by atoms with van der Waals surface area (Å²) in [6.07, 6.45) is 0.608. The lowest BCUT2D eigenvalue weighted by Crippen LogP contribution is -2.36. The molecule has 0 fully saturated rings. The molecule has 1 atom stereocenters. The lowest BCUT2D eigenvalue weighted by atomic mass is 10.1. The molecular weight excluding hydrogens is 286 g/mol. The van der Waals surface area contributed by atoms with Gasteiger partial charge in [-0.05, 0) is 26.0 Å². The van der Waals surface area contributed by atoms with E-state index in [1.165, 1.54) is 26.0 Å². The Morgan fingerprint density at radius 2 is 2.09 bits per heavy atom. The van der Waals surface area contributed by atoms with Crippen LogP contribution in [-0.4, -0.2) is 36.9 Å². The van der Waals surface area contributed by atoms with Crippen LogP contribution < -0.4 is 10.1 Å². The summed E-state index contributed by atoms with van der Waals surface area (Å²) in [7, 11) is 0. The summed E-state index contributed by atoms with van der Waals surface area (Å²) < 4.78 is 10.2. The average Bonchev–Trinajstić information content (AvgIpc) is 2.50. The second kappa shape index (κ2) is 8.61. The zero-order valence-electron chi connectivity index (χ0n) is 12.6. The van der Waals surface area contributed by atoms with E-state index >= 15 is 0 Å². The Hall–Kier alpha value is -2.63. The van der Waals surface area contributed by atoms with Gasteiger partial charge in [-0.25, -0.2) is 4.79 Å². The van der Waals surface area contributed by atoms with Crippen LogP contribution in [0.4, 0.5) is 0 Å². The number of hydrogen-bond donors (Lipinski definition) is 1. The first-order chi connectivity index (χ1) is 10.4. The Balaban J connectivity index is 2.46. The second-order valence-corrected chi connectivity index (χ2v) is 4.54. The van der Waals surface area contributed by atoms with Crippen LogP contribution in [0.1, 0.15) is 24.2 Å². The van der Waals surface area contributed by atoms with E-state index in [9.17, 15) is 14.4 Å². The zero-order valence-corrected chi connectivity index (χ0v) is 12.6. The van der Waals surface area contributed by atoms with E-state index in [0.29, 0.717) is 17.9 Å². The first kappa shape index (κ1) is 17.4. The van der Waals surface area contributed by atoms with Gasteiger partial charge in [0.1, 0.15) is 5.75 Å². The predicted molar refractivity (Wildman–Crippen MR) is 80.7 cm³/mol. The summed E-state index contributed by atoms with van der Waals surface area (Å²) in [4.78, 5) is 34.4. The highest BCUT2D eigenvalue weighted by molar-refractivity contribution is 5.94. The quantitative estimate of drug-likeness (QED) is 0.447. The molecule has 0 bridgehead atoms. The number of ether oxygens (including phenoxy) is 2. The summed E-state index contributed by atoms with van der Waals surface area (Å²) in [5.41, 5.74) is 0.489. The lowest BCUT2D eigenvalue weighted by Gasteiger charge is -2.13. The highest BCUT2D eigenvalue weighted by atomic mass is 16.6. The van der Waals surface area contributed by atoms with Gasteiger partial charge in [0.05, 0.1) is 0 Å². The van der Waals surface area contributed by atoms with E-state index in [0.717, 1.165) is 0 Å². The van der Waals surface area contributed by atoms with Crippen LogP contribution in [0.15, 0.2) is 36.9 Å². The molecule has 0 saturated heterocycles. The maximum Gasteiger partial charge on any atom is 0.344 e. The molecule has 0 saturated carbocycles. The van der Waals surface area contributed by atoms with Crippen molar-refractivity contribution in [2.24, 2.45) is 0 Å². The molecule has 1 rings (SSSR count). The van der Waals surface area contributed by atoms with Crippen LogP contribution in [0.25, 0.3) is 0 Å². The number of Topliss-reactive ketones (excluding diaryl/α,β-unsaturated/α-hetero) is 1. The van der Waals surface area contributed by atoms with Crippen LogP contribution in [0.3, 0.4) is 0 Å². The number of carbonyl (C=O) groups is 3. The Labute approximate surface area is 129 Å². The smallest absolute Gasteiger partial charge is 0.344 e. The van der Waals surface area contributed by atoms with Gasteiger partial charge in [-0.2, -0.15) is 0 Å². The number of benzene rings is 1. The third kappa shape index (κ3) is 5.78. The van der Waals surface area contributed by atoms with Gasteiger partial charge in [-0.1, -0.05) is 18.2 Å². The number of ketones is 1. The average molecular weight is 305 g/mol. The summed E-state index contributed by atoms with van der Waals surface area (Å²) in [6, 6.07) is 6.47. The minimum atomic E-state index is -0.917. The zero-order chi connectivity index (χ0) is 16.5. The number of carbonyl (C=O) groups excluding carboxylic acids is 3. The van der Waals surface area contributed by atoms with E-state index in [2.05, 4.69) is 11.9 Å². The maximum absolute atomic E-state index is 11.6. The van der Waals surface area contributed by atoms with Gasteiger partial charge in [0, 0.05) is 12.1 Å². The van der Waals surface area contributed by atoms with Crippen molar-refractivity contribution in [3.05, 3.63) is 42.5 Å². The fourth-order valence-corrected chi connectivity index (χ4v) is 1.55. The van der Waals surface area contributed by atoms with Crippen molar-refractivity contribution >= 4 is 17.7 Å². The van der Waals surface area contributed by atoms with Gasteiger partial charge in [0.25, 0.3) is 5.91 Å². The van der Waals surface area contributed by atoms with Crippen molar-refractivity contribution in [3.63, 3.8) is 0 Å². The highest BCUT2D eigenvalue weighted by Gasteiger charge is 2.17. The molecular formula is C16H19NO5. The molecule has 0 heterocycles. The van der Waals surface area contributed by atoms with E-state index in [1.807, 2.05) is 0 Å². The predicted octanol–water partition coefficient (Wildman–Crippen LogP) is 1.50. The molecule has 1 aromatic carbocycles. The Bertz CT molecular complexity index is 567. The number of hydrogen-bond acceptors (Lipinski definition) is 5. The van der Waals surface area contributed by atoms with Gasteiger partial charge < -0.3 is 14.8 Å². The molecule has 1 N–H and O–H groups in total. The molecule has 0 aromatic heterocycles. The minimum absolute atomic E-state index is 0.0967. The molecule has 6 nitrogen and oxygen atoms in total. The van der Waals surface area contributed by atoms with Crippen molar-refractivity contribution in [1.82, 2.24) is 5.32 Å². The van der Waals surface area contributed by atoms with Crippen LogP contribution in [-0.2, 0) is 14.3 Å². The van der Waals surface area contributed by atoms with Crippen molar-refractivity contribution in [2.75, 3.05) is 13.2 Å². The Morgan fingerprint density at radius 1 is 1.36 bits per heavy atom. The first-order valence-corrected chi connectivity index (χ1v) is 6.76. The fourth-order valence-electron chi connectivity index (χ4n) is 1.55. The molecule has 22 heavy (non-hydrogen) atoms. The maximum atomic E-state index is 11.6. The Morgan fingerprint density at radius 3 is 2.73 bits per heavy atom. The standard InChI is InChI=1S/C16H19NO5/c1-4-8-17-16(20)12(3)22-15(19)10-21-14-7-5-6-13(9-14)11(2)18/h4-7,9,12H,1,8,10H2,2-3H3,(H,17,20)/t12-/m0/s1. The second-order valence-electron chi connectivity index (χ2n) is 4.54. The summed E-state index contributed by atoms with van der Waals surface area (Å²) in [5, 5.41) is 2.52. The molecule has 0 aliphatic heterocycles. The van der Waals surface area contributed by atoms with E-state index in [1.54, 1.807) is 18.2 Å². The van der Waals surface area contributed by atoms with E-state index in [4.69, 9.17) is 9.47 Å². The topological polar surface area (TPSA) is 81.7 Å². The summed E-state index contributed by atoms with van der Waals surface area (Å²) in [5.74, 6) is -0.796. The number of rotatable bonds is 8. The van der Waals surface area contributed by atoms with Crippen molar-refractivity contribution in [2.45, 2.75) is 20.0 Å². The lowest BCUT2D eigenvalue weighted by molar-refractivity contribution is -0.156. The highest BCUT2D eigenvalue weighted by Crippen LogP contribution is 2.13. The normalized spacial score (nSPS) is 11.2.